The molecule has 0 radical (unpaired) electrons. The summed E-state index contributed by atoms with van der Waals surface area (Å²) in [5.41, 5.74) is 0. The summed E-state index contributed by atoms with van der Waals surface area (Å²) in [5, 5.41) is 11.7. The van der Waals surface area contributed by atoms with Crippen LogP contribution in [-0.2, 0) is 18.3 Å². The summed E-state index contributed by atoms with van der Waals surface area (Å²) < 4.78 is 0. The van der Waals surface area contributed by atoms with E-state index in [-0.39, 0.29) is 0 Å². The van der Waals surface area contributed by atoms with Crippen LogP contribution < -0.4 is 0 Å². The number of carbonyl (C=O) groups excluding carboxylic acids is 1. The maximum absolute atomic E-state index is 12.2. The van der Waals surface area contributed by atoms with Crippen molar-refractivity contribution in [1.82, 2.24) is 20.2 Å². The number of rotatable bonds is 3. The van der Waals surface area contributed by atoms with E-state index in [2.05, 4.69) is 15.4 Å². The van der Waals surface area contributed by atoms with Crippen LogP contribution in [0.4, 0.5) is 0 Å². The van der Waals surface area contributed by atoms with Crippen LogP contribution in [0.1, 0.15) is 25.1 Å². The maximum Gasteiger partial charge on any atom is 0.182 e. The predicted molar refractivity (Wildman–Crippen MR) is 58.8 cm³/mol. The minimum absolute atomic E-state index is 0.338. The number of tetrazole rings is 1. The molecule has 3 saturated carbocycles. The molecule has 0 aromatic carbocycles. The molecule has 90 valence electrons. The van der Waals surface area contributed by atoms with Crippen LogP contribution in [0.2, 0.25) is 0 Å². The van der Waals surface area contributed by atoms with Crippen molar-refractivity contribution in [3.8, 4) is 0 Å². The molecule has 3 fully saturated rings. The van der Waals surface area contributed by atoms with Crippen LogP contribution in [0.5, 0.6) is 0 Å². The van der Waals surface area contributed by atoms with Gasteiger partial charge < -0.3 is 0 Å². The lowest BCUT2D eigenvalue weighted by Crippen LogP contribution is -2.13. The molecule has 2 bridgehead atoms. The van der Waals surface area contributed by atoms with Crippen LogP contribution in [0.25, 0.3) is 0 Å². The third-order valence-electron chi connectivity index (χ3n) is 4.99. The summed E-state index contributed by atoms with van der Waals surface area (Å²) >= 11 is 0. The van der Waals surface area contributed by atoms with Crippen LogP contribution in [0.15, 0.2) is 0 Å². The van der Waals surface area contributed by atoms with Crippen molar-refractivity contribution in [2.45, 2.75) is 25.7 Å². The van der Waals surface area contributed by atoms with Gasteiger partial charge in [-0.3, -0.25) is 4.79 Å². The quantitative estimate of drug-likeness (QED) is 0.766. The van der Waals surface area contributed by atoms with Crippen molar-refractivity contribution in [2.24, 2.45) is 36.6 Å². The molecule has 4 atom stereocenters. The molecule has 0 aliphatic heterocycles. The highest BCUT2D eigenvalue weighted by atomic mass is 16.1. The number of ketones is 1. The van der Waals surface area contributed by atoms with Gasteiger partial charge in [0.1, 0.15) is 5.78 Å². The summed E-state index contributed by atoms with van der Waals surface area (Å²) in [5.74, 6) is 4.42. The highest BCUT2D eigenvalue weighted by Crippen LogP contribution is 2.69. The van der Waals surface area contributed by atoms with Crippen LogP contribution in [-0.4, -0.2) is 26.0 Å². The Morgan fingerprint density at radius 2 is 2.06 bits per heavy atom. The van der Waals surface area contributed by atoms with Crippen molar-refractivity contribution in [2.75, 3.05) is 0 Å². The Labute approximate surface area is 99.6 Å². The lowest BCUT2D eigenvalue weighted by atomic mass is 9.98. The third-order valence-corrected chi connectivity index (χ3v) is 4.99. The molecule has 0 spiro atoms. The number of hydrogen-bond donors (Lipinski definition) is 0. The molecule has 5 nitrogen and oxygen atoms in total. The zero-order valence-electron chi connectivity index (χ0n) is 9.91. The SMILES string of the molecule is Cn1nnc(CC(=O)C2C3C4CCC(C4)C23)n1. The minimum atomic E-state index is 0.338. The number of hydrogen-bond acceptors (Lipinski definition) is 4. The second-order valence-electron chi connectivity index (χ2n) is 5.85. The lowest BCUT2D eigenvalue weighted by Gasteiger charge is -2.06. The molecular formula is C12H16N4O. The number of aryl methyl sites for hydroxylation is 1. The Kier molecular flexibility index (Phi) is 1.80. The van der Waals surface area contributed by atoms with E-state index in [4.69, 9.17) is 0 Å². The van der Waals surface area contributed by atoms with Crippen molar-refractivity contribution in [1.29, 1.82) is 0 Å². The van der Waals surface area contributed by atoms with Gasteiger partial charge in [0, 0.05) is 5.92 Å². The predicted octanol–water partition coefficient (Wildman–Crippen LogP) is 0.614. The van der Waals surface area contributed by atoms with Gasteiger partial charge in [-0.1, -0.05) is 0 Å². The lowest BCUT2D eigenvalue weighted by molar-refractivity contribution is -0.120. The van der Waals surface area contributed by atoms with Gasteiger partial charge in [-0.15, -0.1) is 10.2 Å². The normalized spacial score (nSPS) is 41.6. The summed E-state index contributed by atoms with van der Waals surface area (Å²) in [4.78, 5) is 13.6. The molecule has 3 aliphatic rings. The molecule has 1 aromatic heterocycles. The van der Waals surface area contributed by atoms with Crippen molar-refractivity contribution in [3.05, 3.63) is 5.82 Å². The molecule has 17 heavy (non-hydrogen) atoms. The van der Waals surface area contributed by atoms with Gasteiger partial charge in [-0.25, -0.2) is 0 Å². The number of fused-ring (bicyclic) bond motifs is 5. The van der Waals surface area contributed by atoms with Gasteiger partial charge in [-0.05, 0) is 48.1 Å². The number of nitrogens with zero attached hydrogens (tertiary/aromatic N) is 4. The Balaban J connectivity index is 1.46. The highest BCUT2D eigenvalue weighted by Gasteiger charge is 2.66. The summed E-state index contributed by atoms with van der Waals surface area (Å²) in [7, 11) is 1.73. The van der Waals surface area contributed by atoms with Crippen LogP contribution >= 0.6 is 0 Å². The molecule has 1 aromatic rings. The first-order valence-corrected chi connectivity index (χ1v) is 6.49. The molecule has 1 heterocycles. The topological polar surface area (TPSA) is 60.7 Å². The smallest absolute Gasteiger partial charge is 0.182 e. The van der Waals surface area contributed by atoms with E-state index in [1.54, 1.807) is 7.05 Å². The first-order valence-electron chi connectivity index (χ1n) is 6.49. The fourth-order valence-electron chi connectivity index (χ4n) is 4.42. The van der Waals surface area contributed by atoms with Gasteiger partial charge in [0.05, 0.1) is 13.5 Å². The van der Waals surface area contributed by atoms with Crippen LogP contribution in [0.3, 0.4) is 0 Å². The van der Waals surface area contributed by atoms with Gasteiger partial charge >= 0.3 is 0 Å². The largest absolute Gasteiger partial charge is 0.299 e. The molecule has 0 amide bonds. The number of Topliss-reactive ketones (excluding diaryl/α,β-unsaturated/α-hetero) is 1. The van der Waals surface area contributed by atoms with Crippen molar-refractivity contribution >= 4 is 5.78 Å². The maximum atomic E-state index is 12.2. The Morgan fingerprint density at radius 1 is 1.35 bits per heavy atom. The summed E-state index contributed by atoms with van der Waals surface area (Å²) in [6, 6.07) is 0. The molecule has 4 unspecified atom stereocenters. The summed E-state index contributed by atoms with van der Waals surface area (Å²) in [6.07, 6.45) is 4.49. The van der Waals surface area contributed by atoms with E-state index in [0.717, 1.165) is 23.7 Å². The number of carbonyl (C=O) groups is 1. The van der Waals surface area contributed by atoms with E-state index in [1.165, 1.54) is 24.1 Å². The van der Waals surface area contributed by atoms with Gasteiger partial charge in [0.2, 0.25) is 0 Å². The zero-order chi connectivity index (χ0) is 11.6. The van der Waals surface area contributed by atoms with Crippen molar-refractivity contribution < 1.29 is 4.79 Å². The number of aromatic nitrogens is 4. The molecule has 0 N–H and O–H groups in total. The minimum Gasteiger partial charge on any atom is -0.299 e. The molecule has 4 rings (SSSR count). The van der Waals surface area contributed by atoms with E-state index >= 15 is 0 Å². The standard InChI is InChI=1S/C12H16N4O/c1-16-14-9(13-15-16)5-8(17)12-10-6-2-3-7(4-6)11(10)12/h6-7,10-12H,2-5H2,1H3. The first-order chi connectivity index (χ1) is 8.24. The Morgan fingerprint density at radius 3 is 2.65 bits per heavy atom. The highest BCUT2D eigenvalue weighted by molar-refractivity contribution is 5.86. The second kappa shape index (κ2) is 3.15. The van der Waals surface area contributed by atoms with E-state index < -0.39 is 0 Å². The fourth-order valence-corrected chi connectivity index (χ4v) is 4.42. The monoisotopic (exact) mass is 232 g/mol. The van der Waals surface area contributed by atoms with Crippen molar-refractivity contribution in [3.63, 3.8) is 0 Å². The molecule has 0 saturated heterocycles. The first kappa shape index (κ1) is 9.74. The zero-order valence-corrected chi connectivity index (χ0v) is 9.91. The Bertz CT molecular complexity index is 467. The summed E-state index contributed by atoms with van der Waals surface area (Å²) in [6.45, 7) is 0. The Hall–Kier alpha value is -1.26. The van der Waals surface area contributed by atoms with E-state index in [9.17, 15) is 4.79 Å². The molecular weight excluding hydrogens is 216 g/mol. The third kappa shape index (κ3) is 1.31. The second-order valence-corrected chi connectivity index (χ2v) is 5.85. The molecule has 3 aliphatic carbocycles. The van der Waals surface area contributed by atoms with Gasteiger partial charge in [0.15, 0.2) is 5.82 Å². The van der Waals surface area contributed by atoms with E-state index in [1.807, 2.05) is 0 Å². The van der Waals surface area contributed by atoms with Gasteiger partial charge in [-0.2, -0.15) is 4.80 Å². The average Bonchev–Trinajstić information content (AvgIpc) is 2.65. The van der Waals surface area contributed by atoms with Gasteiger partial charge in [0.25, 0.3) is 0 Å². The van der Waals surface area contributed by atoms with E-state index in [0.29, 0.717) is 23.9 Å². The molecule has 5 heteroatoms. The van der Waals surface area contributed by atoms with Crippen LogP contribution in [0, 0.1) is 29.6 Å². The fraction of sp³-hybridized carbons (Fsp3) is 0.833. The average molecular weight is 232 g/mol.